The molecule has 0 radical (unpaired) electrons. The second-order valence-electron chi connectivity index (χ2n) is 8.17. The lowest BCUT2D eigenvalue weighted by atomic mass is 10.1. The highest BCUT2D eigenvalue weighted by Crippen LogP contribution is 2.38. The van der Waals surface area contributed by atoms with Crippen LogP contribution in [-0.4, -0.2) is 42.0 Å². The number of aliphatic hydroxyl groups is 1. The van der Waals surface area contributed by atoms with Crippen LogP contribution in [0.15, 0.2) is 77.7 Å². The monoisotopic (exact) mass is 603 g/mol. The van der Waals surface area contributed by atoms with Crippen molar-refractivity contribution in [3.8, 4) is 17.2 Å². The fourth-order valence-electron chi connectivity index (χ4n) is 3.30. The van der Waals surface area contributed by atoms with Gasteiger partial charge in [0.2, 0.25) is 0 Å². The molecule has 15 heteroatoms. The predicted octanol–water partition coefficient (Wildman–Crippen LogP) is 8.26. The molecule has 1 N–H and O–H groups in total. The number of hydrogen-bond donors (Lipinski definition) is 1. The van der Waals surface area contributed by atoms with Crippen molar-refractivity contribution in [3.05, 3.63) is 78.4 Å². The third-order valence-corrected chi connectivity index (χ3v) is 5.75. The highest BCUT2D eigenvalue weighted by Gasteiger charge is 2.44. The smallest absolute Gasteiger partial charge is 0.457 e. The molecule has 0 amide bonds. The molecule has 4 nitrogen and oxygen atoms in total. The van der Waals surface area contributed by atoms with Crippen molar-refractivity contribution in [1.29, 1.82) is 0 Å². The summed E-state index contributed by atoms with van der Waals surface area (Å²) in [7, 11) is 0. The Labute approximate surface area is 225 Å². The van der Waals surface area contributed by atoms with E-state index >= 15 is 0 Å². The van der Waals surface area contributed by atoms with Crippen molar-refractivity contribution in [2.45, 2.75) is 41.8 Å². The third kappa shape index (κ3) is 9.40. The van der Waals surface area contributed by atoms with E-state index in [0.29, 0.717) is 0 Å². The number of rotatable bonds is 11. The molecule has 0 unspecified atom stereocenters. The maximum atomic E-state index is 13.3. The Morgan fingerprint density at radius 3 is 2.00 bits per heavy atom. The largest absolute Gasteiger partial charge is 0.461 e. The van der Waals surface area contributed by atoms with E-state index in [2.05, 4.69) is 4.74 Å². The van der Waals surface area contributed by atoms with Crippen LogP contribution in [0.2, 0.25) is 0 Å². The molecule has 1 atom stereocenters. The van der Waals surface area contributed by atoms with Crippen molar-refractivity contribution < 1.29 is 58.5 Å². The Bertz CT molecular complexity index is 1250. The molecule has 3 aromatic rings. The van der Waals surface area contributed by atoms with Gasteiger partial charge in [-0.15, -0.1) is 0 Å². The Morgan fingerprint density at radius 2 is 1.40 bits per heavy atom. The summed E-state index contributed by atoms with van der Waals surface area (Å²) in [6.45, 7) is -1.37. The number of hydrogen-bond acceptors (Lipinski definition) is 5. The number of benzene rings is 3. The minimum atomic E-state index is -5.00. The summed E-state index contributed by atoms with van der Waals surface area (Å²) in [6, 6.07) is 14.7. The van der Waals surface area contributed by atoms with Crippen LogP contribution in [0.4, 0.5) is 49.6 Å². The van der Waals surface area contributed by atoms with Crippen LogP contribution in [0, 0.1) is 0 Å². The zero-order valence-corrected chi connectivity index (χ0v) is 20.7. The van der Waals surface area contributed by atoms with Crippen LogP contribution in [0.3, 0.4) is 0 Å². The molecule has 0 aromatic heterocycles. The molecule has 0 aliphatic carbocycles. The van der Waals surface area contributed by atoms with E-state index in [1.165, 1.54) is 54.6 Å². The van der Waals surface area contributed by atoms with Gasteiger partial charge in [-0.3, -0.25) is 0 Å². The molecule has 0 aliphatic heterocycles. The summed E-state index contributed by atoms with van der Waals surface area (Å²) in [5.74, 6) is -0.476. The summed E-state index contributed by atoms with van der Waals surface area (Å²) in [4.78, 5) is 0.916. The average molecular weight is 603 g/mol. The number of thioether (sulfide) groups is 1. The van der Waals surface area contributed by atoms with Crippen molar-refractivity contribution in [2.75, 3.05) is 11.4 Å². The van der Waals surface area contributed by atoms with Crippen molar-refractivity contribution in [3.63, 3.8) is 0 Å². The summed E-state index contributed by atoms with van der Waals surface area (Å²) in [6.07, 6.45) is -16.7. The maximum absolute atomic E-state index is 13.3. The van der Waals surface area contributed by atoms with E-state index in [1.807, 2.05) is 0 Å². The molecular weight excluding hydrogens is 584 g/mol. The molecule has 0 aliphatic rings. The van der Waals surface area contributed by atoms with Crippen molar-refractivity contribution >= 4 is 17.4 Å². The van der Waals surface area contributed by atoms with Crippen LogP contribution in [0.25, 0.3) is 0 Å². The van der Waals surface area contributed by atoms with E-state index < -0.39 is 42.6 Å². The Kier molecular flexibility index (Phi) is 9.72. The summed E-state index contributed by atoms with van der Waals surface area (Å²) < 4.78 is 138. The second kappa shape index (κ2) is 12.5. The van der Waals surface area contributed by atoms with Crippen LogP contribution >= 0.6 is 11.8 Å². The van der Waals surface area contributed by atoms with Crippen LogP contribution in [0.1, 0.15) is 5.56 Å². The number of ether oxygens (including phenoxy) is 2. The zero-order valence-electron chi connectivity index (χ0n) is 19.9. The highest BCUT2D eigenvalue weighted by molar-refractivity contribution is 8.00. The van der Waals surface area contributed by atoms with Gasteiger partial charge in [-0.25, -0.2) is 0 Å². The lowest BCUT2D eigenvalue weighted by Gasteiger charge is -2.28. The van der Waals surface area contributed by atoms with Crippen LogP contribution in [0.5, 0.6) is 17.2 Å². The first-order valence-corrected chi connectivity index (χ1v) is 11.9. The number of halogens is 10. The van der Waals surface area contributed by atoms with Gasteiger partial charge in [0.15, 0.2) is 6.10 Å². The van der Waals surface area contributed by atoms with Crippen LogP contribution in [-0.2, 0) is 6.54 Å². The molecule has 0 spiro atoms. The standard InChI is InChI=1S/C25H19F10NO3S/c26-22(27)24(31,32)39-19-5-1-3-15(11-19)13-36(14-21(37)23(28,29)30)16-7-9-17(10-8-16)38-18-4-2-6-20(12-18)40-25(33,34)35/h1-12,21-22,37H,13-14H2/t21-/m1/s1. The first-order chi connectivity index (χ1) is 18.5. The highest BCUT2D eigenvalue weighted by atomic mass is 32.2. The van der Waals surface area contributed by atoms with Gasteiger partial charge in [0.05, 0.1) is 6.54 Å². The molecule has 0 saturated heterocycles. The number of aliphatic hydroxyl groups excluding tert-OH is 1. The van der Waals surface area contributed by atoms with Crippen LogP contribution < -0.4 is 14.4 Å². The van der Waals surface area contributed by atoms with Gasteiger partial charge in [0.1, 0.15) is 17.2 Å². The summed E-state index contributed by atoms with van der Waals surface area (Å²) in [5, 5.41) is 9.64. The van der Waals surface area contributed by atoms with Gasteiger partial charge in [-0.1, -0.05) is 18.2 Å². The third-order valence-electron chi connectivity index (χ3n) is 5.03. The van der Waals surface area contributed by atoms with E-state index in [-0.39, 0.29) is 46.0 Å². The first-order valence-electron chi connectivity index (χ1n) is 11.1. The minimum Gasteiger partial charge on any atom is -0.457 e. The molecule has 3 rings (SSSR count). The maximum Gasteiger partial charge on any atom is 0.461 e. The Hall–Kier alpha value is -3.33. The summed E-state index contributed by atoms with van der Waals surface area (Å²) in [5.41, 5.74) is -4.31. The molecule has 40 heavy (non-hydrogen) atoms. The van der Waals surface area contributed by atoms with Crippen molar-refractivity contribution in [1.82, 2.24) is 0 Å². The minimum absolute atomic E-state index is 0.0590. The molecule has 0 heterocycles. The lowest BCUT2D eigenvalue weighted by Crippen LogP contribution is -2.40. The average Bonchev–Trinajstić information content (AvgIpc) is 2.82. The predicted molar refractivity (Wildman–Crippen MR) is 126 cm³/mol. The molecule has 218 valence electrons. The van der Waals surface area contributed by atoms with Gasteiger partial charge >= 0.3 is 24.2 Å². The van der Waals surface area contributed by atoms with Gasteiger partial charge in [0, 0.05) is 17.1 Å². The number of nitrogens with zero attached hydrogens (tertiary/aromatic N) is 1. The lowest BCUT2D eigenvalue weighted by molar-refractivity contribution is -0.253. The zero-order chi connectivity index (χ0) is 29.7. The fraction of sp³-hybridized carbons (Fsp3) is 0.280. The summed E-state index contributed by atoms with van der Waals surface area (Å²) >= 11 is -0.344. The fourth-order valence-corrected chi connectivity index (χ4v) is 3.89. The van der Waals surface area contributed by atoms with E-state index in [9.17, 15) is 49.0 Å². The number of alkyl halides is 10. The molecular formula is C25H19F10NO3S. The Morgan fingerprint density at radius 1 is 0.775 bits per heavy atom. The second-order valence-corrected chi connectivity index (χ2v) is 9.31. The van der Waals surface area contributed by atoms with Gasteiger partial charge in [-0.2, -0.15) is 43.9 Å². The molecule has 0 fully saturated rings. The van der Waals surface area contributed by atoms with E-state index in [1.54, 1.807) is 0 Å². The molecule has 3 aromatic carbocycles. The van der Waals surface area contributed by atoms with Gasteiger partial charge < -0.3 is 19.5 Å². The van der Waals surface area contributed by atoms with E-state index in [0.717, 1.165) is 23.1 Å². The van der Waals surface area contributed by atoms with Crippen molar-refractivity contribution in [2.24, 2.45) is 0 Å². The quantitative estimate of drug-likeness (QED) is 0.177. The topological polar surface area (TPSA) is 41.9 Å². The van der Waals surface area contributed by atoms with Gasteiger partial charge in [0.25, 0.3) is 0 Å². The molecule has 0 saturated carbocycles. The first kappa shape index (κ1) is 31.2. The number of anilines is 1. The SMILES string of the molecule is O[C@H](CN(Cc1cccc(OC(F)(F)C(F)F)c1)c1ccc(Oc2cccc(SC(F)(F)F)c2)cc1)C(F)(F)F. The van der Waals surface area contributed by atoms with E-state index in [4.69, 9.17) is 4.74 Å². The van der Waals surface area contributed by atoms with Gasteiger partial charge in [-0.05, 0) is 71.9 Å². The Balaban J connectivity index is 1.81. The molecule has 0 bridgehead atoms. The normalized spacial score (nSPS) is 13.3.